The van der Waals surface area contributed by atoms with Crippen molar-refractivity contribution in [3.8, 4) is 0 Å². The molecule has 1 aliphatic rings. The summed E-state index contributed by atoms with van der Waals surface area (Å²) in [6.45, 7) is 3.32. The molecule has 0 bridgehead atoms. The monoisotopic (exact) mass is 215 g/mol. The lowest BCUT2D eigenvalue weighted by Crippen LogP contribution is -2.19. The third-order valence-electron chi connectivity index (χ3n) is 3.63. The third kappa shape index (κ3) is 1.35. The zero-order chi connectivity index (χ0) is 11.1. The van der Waals surface area contributed by atoms with Crippen LogP contribution >= 0.6 is 0 Å². The van der Waals surface area contributed by atoms with E-state index in [2.05, 4.69) is 46.6 Å². The highest BCUT2D eigenvalue weighted by Crippen LogP contribution is 2.30. The molecular weight excluding hydrogens is 198 g/mol. The number of rotatable bonds is 1. The van der Waals surface area contributed by atoms with Gasteiger partial charge in [0.1, 0.15) is 5.82 Å². The lowest BCUT2D eigenvalue weighted by molar-refractivity contribution is 0.305. The van der Waals surface area contributed by atoms with E-state index in [1.165, 1.54) is 36.3 Å². The summed E-state index contributed by atoms with van der Waals surface area (Å²) in [6, 6.07) is 4.73. The smallest absolute Gasteiger partial charge is 0.130 e. The molecule has 0 saturated carbocycles. The second-order valence-corrected chi connectivity index (χ2v) is 4.70. The molecule has 2 aromatic rings. The van der Waals surface area contributed by atoms with Crippen LogP contribution < -0.4 is 0 Å². The molecule has 3 heterocycles. The molecule has 1 unspecified atom stereocenters. The Morgan fingerprint density at radius 2 is 2.31 bits per heavy atom. The number of hydrogen-bond donors (Lipinski definition) is 0. The molecule has 2 aromatic heterocycles. The molecule has 1 saturated heterocycles. The second kappa shape index (κ2) is 3.59. The average molecular weight is 215 g/mol. The first-order valence-electron chi connectivity index (χ1n) is 5.90. The maximum Gasteiger partial charge on any atom is 0.130 e. The average Bonchev–Trinajstić information content (AvgIpc) is 2.84. The van der Waals surface area contributed by atoms with Crippen molar-refractivity contribution in [3.05, 3.63) is 35.9 Å². The summed E-state index contributed by atoms with van der Waals surface area (Å²) in [4.78, 5) is 7.01. The molecule has 0 N–H and O–H groups in total. The number of fused-ring (bicyclic) bond motifs is 1. The van der Waals surface area contributed by atoms with Crippen molar-refractivity contribution < 1.29 is 0 Å². The van der Waals surface area contributed by atoms with Gasteiger partial charge in [0.2, 0.25) is 0 Å². The SMILES string of the molecule is Cc1cccn2c(C3CCCN3C)ncc12. The first kappa shape index (κ1) is 9.85. The second-order valence-electron chi connectivity index (χ2n) is 4.70. The van der Waals surface area contributed by atoms with E-state index in [1.807, 2.05) is 6.20 Å². The van der Waals surface area contributed by atoms with Crippen LogP contribution in [0.1, 0.15) is 30.3 Å². The van der Waals surface area contributed by atoms with Gasteiger partial charge in [0.15, 0.2) is 0 Å². The van der Waals surface area contributed by atoms with Gasteiger partial charge in [0.25, 0.3) is 0 Å². The van der Waals surface area contributed by atoms with Crippen molar-refractivity contribution in [2.45, 2.75) is 25.8 Å². The fourth-order valence-electron chi connectivity index (χ4n) is 2.67. The van der Waals surface area contributed by atoms with E-state index in [0.29, 0.717) is 6.04 Å². The predicted molar refractivity (Wildman–Crippen MR) is 64.5 cm³/mol. The van der Waals surface area contributed by atoms with Crippen LogP contribution in [0.25, 0.3) is 5.52 Å². The van der Waals surface area contributed by atoms with Crippen molar-refractivity contribution in [2.75, 3.05) is 13.6 Å². The zero-order valence-corrected chi connectivity index (χ0v) is 9.85. The van der Waals surface area contributed by atoms with Crippen molar-refractivity contribution in [1.82, 2.24) is 14.3 Å². The van der Waals surface area contributed by atoms with Gasteiger partial charge in [0, 0.05) is 6.20 Å². The van der Waals surface area contributed by atoms with Gasteiger partial charge in [-0.15, -0.1) is 0 Å². The van der Waals surface area contributed by atoms with Crippen molar-refractivity contribution in [1.29, 1.82) is 0 Å². The maximum absolute atomic E-state index is 4.61. The van der Waals surface area contributed by atoms with Crippen LogP contribution in [0, 0.1) is 6.92 Å². The van der Waals surface area contributed by atoms with Crippen LogP contribution in [0.15, 0.2) is 24.5 Å². The lowest BCUT2D eigenvalue weighted by Gasteiger charge is -2.18. The lowest BCUT2D eigenvalue weighted by atomic mass is 10.2. The highest BCUT2D eigenvalue weighted by atomic mass is 15.2. The molecule has 0 spiro atoms. The fraction of sp³-hybridized carbons (Fsp3) is 0.462. The molecule has 3 rings (SSSR count). The minimum atomic E-state index is 0.490. The standard InChI is InChI=1S/C13H17N3/c1-10-5-3-8-16-12(10)9-14-13(16)11-6-4-7-15(11)2/h3,5,8-9,11H,4,6-7H2,1-2H3. The Kier molecular flexibility index (Phi) is 2.21. The number of pyridine rings is 1. The quantitative estimate of drug-likeness (QED) is 0.728. The Morgan fingerprint density at radius 1 is 1.44 bits per heavy atom. The third-order valence-corrected chi connectivity index (χ3v) is 3.63. The Labute approximate surface area is 95.7 Å². The number of hydrogen-bond acceptors (Lipinski definition) is 2. The van der Waals surface area contributed by atoms with Crippen molar-refractivity contribution in [3.63, 3.8) is 0 Å². The summed E-state index contributed by atoms with van der Waals surface area (Å²) in [6.07, 6.45) is 6.62. The molecule has 16 heavy (non-hydrogen) atoms. The molecule has 84 valence electrons. The number of imidazole rings is 1. The van der Waals surface area contributed by atoms with E-state index < -0.39 is 0 Å². The van der Waals surface area contributed by atoms with Gasteiger partial charge < -0.3 is 4.40 Å². The maximum atomic E-state index is 4.61. The van der Waals surface area contributed by atoms with Crippen LogP contribution in [0.5, 0.6) is 0 Å². The number of aryl methyl sites for hydroxylation is 1. The highest BCUT2D eigenvalue weighted by molar-refractivity contribution is 5.53. The Balaban J connectivity index is 2.14. The molecule has 0 aromatic carbocycles. The van der Waals surface area contributed by atoms with Gasteiger partial charge in [0.05, 0.1) is 17.8 Å². The van der Waals surface area contributed by atoms with Crippen LogP contribution in [0.3, 0.4) is 0 Å². The largest absolute Gasteiger partial charge is 0.302 e. The van der Waals surface area contributed by atoms with Crippen molar-refractivity contribution >= 4 is 5.52 Å². The van der Waals surface area contributed by atoms with E-state index in [0.717, 1.165) is 0 Å². The summed E-state index contributed by atoms with van der Waals surface area (Å²) in [5.41, 5.74) is 2.53. The Hall–Kier alpha value is -1.35. The highest BCUT2D eigenvalue weighted by Gasteiger charge is 2.26. The molecular formula is C13H17N3. The molecule has 1 atom stereocenters. The summed E-state index contributed by atoms with van der Waals surface area (Å²) < 4.78 is 2.24. The predicted octanol–water partition coefficient (Wildman–Crippen LogP) is 2.41. The summed E-state index contributed by atoms with van der Waals surface area (Å²) in [5.74, 6) is 1.19. The van der Waals surface area contributed by atoms with Crippen LogP contribution in [0.4, 0.5) is 0 Å². The van der Waals surface area contributed by atoms with Gasteiger partial charge in [-0.3, -0.25) is 4.90 Å². The van der Waals surface area contributed by atoms with Gasteiger partial charge in [-0.05, 0) is 45.0 Å². The molecule has 0 amide bonds. The van der Waals surface area contributed by atoms with E-state index >= 15 is 0 Å². The normalized spacial score (nSPS) is 22.0. The number of aromatic nitrogens is 2. The van der Waals surface area contributed by atoms with Gasteiger partial charge in [-0.25, -0.2) is 4.98 Å². The van der Waals surface area contributed by atoms with Gasteiger partial charge in [-0.1, -0.05) is 6.07 Å². The minimum absolute atomic E-state index is 0.490. The molecule has 0 aliphatic carbocycles. The molecule has 1 fully saturated rings. The Bertz CT molecular complexity index is 515. The topological polar surface area (TPSA) is 20.5 Å². The number of nitrogens with zero attached hydrogens (tertiary/aromatic N) is 3. The first-order valence-corrected chi connectivity index (χ1v) is 5.90. The molecule has 3 heteroatoms. The molecule has 0 radical (unpaired) electrons. The van der Waals surface area contributed by atoms with E-state index in [1.54, 1.807) is 0 Å². The van der Waals surface area contributed by atoms with Crippen LogP contribution in [-0.2, 0) is 0 Å². The molecule has 3 nitrogen and oxygen atoms in total. The van der Waals surface area contributed by atoms with Crippen molar-refractivity contribution in [2.24, 2.45) is 0 Å². The van der Waals surface area contributed by atoms with E-state index in [4.69, 9.17) is 0 Å². The summed E-state index contributed by atoms with van der Waals surface area (Å²) in [5, 5.41) is 0. The van der Waals surface area contributed by atoms with E-state index in [-0.39, 0.29) is 0 Å². The van der Waals surface area contributed by atoms with Gasteiger partial charge in [-0.2, -0.15) is 0 Å². The van der Waals surface area contributed by atoms with Gasteiger partial charge >= 0.3 is 0 Å². The molecule has 1 aliphatic heterocycles. The first-order chi connectivity index (χ1) is 7.77. The zero-order valence-electron chi connectivity index (χ0n) is 9.85. The Morgan fingerprint density at radius 3 is 3.06 bits per heavy atom. The van der Waals surface area contributed by atoms with Crippen LogP contribution in [-0.4, -0.2) is 27.9 Å². The summed E-state index contributed by atoms with van der Waals surface area (Å²) >= 11 is 0. The summed E-state index contributed by atoms with van der Waals surface area (Å²) in [7, 11) is 2.19. The van der Waals surface area contributed by atoms with E-state index in [9.17, 15) is 0 Å². The fourth-order valence-corrected chi connectivity index (χ4v) is 2.67. The van der Waals surface area contributed by atoms with Crippen LogP contribution in [0.2, 0.25) is 0 Å². The number of likely N-dealkylation sites (tertiary alicyclic amines) is 1. The minimum Gasteiger partial charge on any atom is -0.302 e.